The molecule has 0 unspecified atom stereocenters. The lowest BCUT2D eigenvalue weighted by atomic mass is 9.84. The van der Waals surface area contributed by atoms with Gasteiger partial charge in [0.15, 0.2) is 6.10 Å². The molecule has 1 spiro atoms. The first-order valence-corrected chi connectivity index (χ1v) is 9.18. The minimum atomic E-state index is -0.666. The minimum absolute atomic E-state index is 0.0281. The molecule has 1 saturated heterocycles. The maximum Gasteiger partial charge on any atom is 0.256 e. The fraction of sp³-hybridized carbons (Fsp3) is 0.333. The smallest absolute Gasteiger partial charge is 0.256 e. The van der Waals surface area contributed by atoms with E-state index in [1.165, 1.54) is 0 Å². The summed E-state index contributed by atoms with van der Waals surface area (Å²) in [6, 6.07) is 17.2. The number of fused-ring (bicyclic) bond motifs is 1. The fourth-order valence-electron chi connectivity index (χ4n) is 3.89. The summed E-state index contributed by atoms with van der Waals surface area (Å²) in [4.78, 5) is 27.5. The molecule has 2 aromatic rings. The van der Waals surface area contributed by atoms with Crippen LogP contribution in [0.15, 0.2) is 54.6 Å². The van der Waals surface area contributed by atoms with E-state index < -0.39 is 11.6 Å². The van der Waals surface area contributed by atoms with Gasteiger partial charge in [-0.2, -0.15) is 0 Å². The number of methoxy groups -OCH3 is 1. The predicted molar refractivity (Wildman–Crippen MR) is 103 cm³/mol. The van der Waals surface area contributed by atoms with Crippen molar-refractivity contribution in [2.24, 2.45) is 0 Å². The Morgan fingerprint density at radius 1 is 1.04 bits per heavy atom. The van der Waals surface area contributed by atoms with E-state index in [-0.39, 0.29) is 11.8 Å². The average Bonchev–Trinajstić information content (AvgIpc) is 2.71. The lowest BCUT2D eigenvalue weighted by Crippen LogP contribution is -2.59. The third kappa shape index (κ3) is 3.17. The Balaban J connectivity index is 1.47. The first-order valence-electron chi connectivity index (χ1n) is 9.18. The number of nitrogens with one attached hydrogen (secondary N) is 2. The number of hydrogen-bond donors (Lipinski definition) is 2. The molecular weight excluding hydrogens is 342 g/mol. The zero-order valence-electron chi connectivity index (χ0n) is 15.3. The van der Waals surface area contributed by atoms with Crippen molar-refractivity contribution >= 4 is 23.2 Å². The molecule has 2 amide bonds. The predicted octanol–water partition coefficient (Wildman–Crippen LogP) is 2.80. The SMILES string of the molecule is CO[C@H](C(=O)N1CCC2(CC1)Nc1ccccc1NC2=O)c1ccccc1. The van der Waals surface area contributed by atoms with Gasteiger partial charge in [-0.05, 0) is 30.5 Å². The fourth-order valence-corrected chi connectivity index (χ4v) is 3.89. The van der Waals surface area contributed by atoms with Crippen molar-refractivity contribution in [3.8, 4) is 0 Å². The van der Waals surface area contributed by atoms with Gasteiger partial charge in [0, 0.05) is 20.2 Å². The largest absolute Gasteiger partial charge is 0.369 e. The molecule has 140 valence electrons. The van der Waals surface area contributed by atoms with Crippen molar-refractivity contribution in [1.29, 1.82) is 0 Å². The van der Waals surface area contributed by atoms with E-state index in [2.05, 4.69) is 10.6 Å². The molecule has 2 heterocycles. The molecule has 0 bridgehead atoms. The number of carbonyl (C=O) groups is 2. The van der Waals surface area contributed by atoms with E-state index in [4.69, 9.17) is 4.74 Å². The van der Waals surface area contributed by atoms with Gasteiger partial charge in [0.25, 0.3) is 5.91 Å². The zero-order chi connectivity index (χ0) is 18.9. The maximum atomic E-state index is 13.0. The summed E-state index contributed by atoms with van der Waals surface area (Å²) in [7, 11) is 1.55. The van der Waals surface area contributed by atoms with Crippen molar-refractivity contribution in [3.63, 3.8) is 0 Å². The van der Waals surface area contributed by atoms with Gasteiger partial charge in [-0.15, -0.1) is 0 Å². The number of likely N-dealkylation sites (tertiary alicyclic amines) is 1. The minimum Gasteiger partial charge on any atom is -0.369 e. The van der Waals surface area contributed by atoms with Crippen LogP contribution in [0.2, 0.25) is 0 Å². The number of ether oxygens (including phenoxy) is 1. The molecule has 0 aliphatic carbocycles. The molecular formula is C21H23N3O3. The molecule has 4 rings (SSSR count). The second kappa shape index (κ2) is 7.04. The van der Waals surface area contributed by atoms with Crippen LogP contribution in [-0.2, 0) is 14.3 Å². The molecule has 6 nitrogen and oxygen atoms in total. The van der Waals surface area contributed by atoms with Crippen molar-refractivity contribution in [1.82, 2.24) is 4.90 Å². The lowest BCUT2D eigenvalue weighted by Gasteiger charge is -2.44. The van der Waals surface area contributed by atoms with E-state index in [1.807, 2.05) is 54.6 Å². The molecule has 1 fully saturated rings. The average molecular weight is 365 g/mol. The summed E-state index contributed by atoms with van der Waals surface area (Å²) in [6.07, 6.45) is 0.503. The first kappa shape index (κ1) is 17.5. The van der Waals surface area contributed by atoms with Gasteiger partial charge in [-0.1, -0.05) is 42.5 Å². The van der Waals surface area contributed by atoms with Crippen LogP contribution >= 0.6 is 0 Å². The summed E-state index contributed by atoms with van der Waals surface area (Å²) in [5.41, 5.74) is 1.90. The highest BCUT2D eigenvalue weighted by Gasteiger charge is 2.45. The molecule has 1 atom stereocenters. The van der Waals surface area contributed by atoms with Crippen LogP contribution in [0.3, 0.4) is 0 Å². The molecule has 2 aliphatic heterocycles. The van der Waals surface area contributed by atoms with Gasteiger partial charge < -0.3 is 20.3 Å². The summed E-state index contributed by atoms with van der Waals surface area (Å²) in [6.45, 7) is 1.02. The third-order valence-corrected chi connectivity index (χ3v) is 5.47. The van der Waals surface area contributed by atoms with Crippen LogP contribution in [0, 0.1) is 0 Å². The molecule has 6 heteroatoms. The number of amides is 2. The number of benzene rings is 2. The van der Waals surface area contributed by atoms with Crippen molar-refractivity contribution < 1.29 is 14.3 Å². The Morgan fingerprint density at radius 3 is 2.33 bits per heavy atom. The van der Waals surface area contributed by atoms with Crippen LogP contribution in [0.25, 0.3) is 0 Å². The lowest BCUT2D eigenvalue weighted by molar-refractivity contribution is -0.145. The molecule has 27 heavy (non-hydrogen) atoms. The molecule has 0 aromatic heterocycles. The normalized spacial score (nSPS) is 19.0. The van der Waals surface area contributed by atoms with Crippen LogP contribution in [-0.4, -0.2) is 42.5 Å². The van der Waals surface area contributed by atoms with Crippen LogP contribution in [0.1, 0.15) is 24.5 Å². The summed E-state index contributed by atoms with van der Waals surface area (Å²) in [5.74, 6) is -0.0881. The molecule has 2 N–H and O–H groups in total. The first-order chi connectivity index (χ1) is 13.1. The summed E-state index contributed by atoms with van der Waals surface area (Å²) >= 11 is 0. The van der Waals surface area contributed by atoms with Crippen molar-refractivity contribution in [3.05, 3.63) is 60.2 Å². The number of rotatable bonds is 3. The highest BCUT2D eigenvalue weighted by atomic mass is 16.5. The standard InChI is InChI=1S/C21H23N3O3/c1-27-18(15-7-3-2-4-8-15)19(25)24-13-11-21(12-14-24)20(26)22-16-9-5-6-10-17(16)23-21/h2-10,18,23H,11-14H2,1H3,(H,22,26)/t18-/m0/s1. The highest BCUT2D eigenvalue weighted by molar-refractivity contribution is 6.06. The molecule has 2 aliphatic rings. The van der Waals surface area contributed by atoms with Gasteiger partial charge >= 0.3 is 0 Å². The van der Waals surface area contributed by atoms with Crippen LogP contribution in [0.5, 0.6) is 0 Å². The maximum absolute atomic E-state index is 13.0. The highest BCUT2D eigenvalue weighted by Crippen LogP contribution is 2.36. The Labute approximate surface area is 158 Å². The third-order valence-electron chi connectivity index (χ3n) is 5.47. The number of nitrogens with zero attached hydrogens (tertiary/aromatic N) is 1. The summed E-state index contributed by atoms with van der Waals surface area (Å²) < 4.78 is 5.47. The zero-order valence-corrected chi connectivity index (χ0v) is 15.3. The van der Waals surface area contributed by atoms with Crippen molar-refractivity contribution in [2.45, 2.75) is 24.5 Å². The second-order valence-corrected chi connectivity index (χ2v) is 7.06. The topological polar surface area (TPSA) is 70.7 Å². The number of hydrogen-bond acceptors (Lipinski definition) is 4. The molecule has 0 saturated carbocycles. The van der Waals surface area contributed by atoms with E-state index in [1.54, 1.807) is 12.0 Å². The van der Waals surface area contributed by atoms with Gasteiger partial charge in [-0.25, -0.2) is 0 Å². The molecule has 0 radical (unpaired) electrons. The number of para-hydroxylation sites is 2. The van der Waals surface area contributed by atoms with E-state index in [0.29, 0.717) is 25.9 Å². The number of anilines is 2. The van der Waals surface area contributed by atoms with Crippen LogP contribution < -0.4 is 10.6 Å². The van der Waals surface area contributed by atoms with Gasteiger partial charge in [0.1, 0.15) is 5.54 Å². The van der Waals surface area contributed by atoms with E-state index in [0.717, 1.165) is 16.9 Å². The Morgan fingerprint density at radius 2 is 1.67 bits per heavy atom. The van der Waals surface area contributed by atoms with E-state index >= 15 is 0 Å². The van der Waals surface area contributed by atoms with Gasteiger partial charge in [0.05, 0.1) is 11.4 Å². The van der Waals surface area contributed by atoms with E-state index in [9.17, 15) is 9.59 Å². The Hall–Kier alpha value is -2.86. The molecule has 2 aromatic carbocycles. The second-order valence-electron chi connectivity index (χ2n) is 7.06. The monoisotopic (exact) mass is 365 g/mol. The quantitative estimate of drug-likeness (QED) is 0.877. The Kier molecular flexibility index (Phi) is 4.58. The van der Waals surface area contributed by atoms with Gasteiger partial charge in [-0.3, -0.25) is 9.59 Å². The van der Waals surface area contributed by atoms with Gasteiger partial charge in [0.2, 0.25) is 5.91 Å². The number of carbonyl (C=O) groups excluding carboxylic acids is 2. The van der Waals surface area contributed by atoms with Crippen LogP contribution in [0.4, 0.5) is 11.4 Å². The number of piperidine rings is 1. The Bertz CT molecular complexity index is 845. The van der Waals surface area contributed by atoms with Crippen molar-refractivity contribution in [2.75, 3.05) is 30.8 Å². The summed E-state index contributed by atoms with van der Waals surface area (Å²) in [5, 5.41) is 6.41.